The smallest absolute Gasteiger partial charge is 0.316 e. The van der Waals surface area contributed by atoms with Gasteiger partial charge >= 0.3 is 6.01 Å². The van der Waals surface area contributed by atoms with Gasteiger partial charge in [-0.1, -0.05) is 29.8 Å². The average molecular weight is 318 g/mol. The molecule has 1 aliphatic rings. The second-order valence-electron chi connectivity index (χ2n) is 5.73. The van der Waals surface area contributed by atoms with Crippen LogP contribution in [-0.2, 0) is 6.54 Å². The fraction of sp³-hybridized carbons (Fsp3) is 0.412. The molecule has 22 heavy (non-hydrogen) atoms. The highest BCUT2D eigenvalue weighted by Gasteiger charge is 2.21. The number of aryl methyl sites for hydroxylation is 1. The van der Waals surface area contributed by atoms with Crippen molar-refractivity contribution in [2.75, 3.05) is 13.1 Å². The molecule has 1 fully saturated rings. The third kappa shape index (κ3) is 3.96. The van der Waals surface area contributed by atoms with E-state index in [0.717, 1.165) is 43.1 Å². The number of nitrogens with zero attached hydrogens (tertiary/aromatic N) is 3. The number of hydrogen-bond donors (Lipinski definition) is 0. The van der Waals surface area contributed by atoms with Crippen LogP contribution in [0, 0.1) is 6.92 Å². The summed E-state index contributed by atoms with van der Waals surface area (Å²) in [5.41, 5.74) is 2.23. The molecule has 1 aromatic carbocycles. The number of halogens is 1. The summed E-state index contributed by atoms with van der Waals surface area (Å²) in [4.78, 5) is 10.8. The summed E-state index contributed by atoms with van der Waals surface area (Å²) >= 11 is 6.22. The minimum atomic E-state index is 0.199. The Hall–Kier alpha value is -1.65. The van der Waals surface area contributed by atoms with Crippen molar-refractivity contribution < 1.29 is 4.74 Å². The normalized spacial score (nSPS) is 16.6. The molecule has 5 heteroatoms. The molecule has 0 radical (unpaired) electrons. The Labute approximate surface area is 136 Å². The van der Waals surface area contributed by atoms with Crippen molar-refractivity contribution in [2.45, 2.75) is 32.4 Å². The predicted octanol–water partition coefficient (Wildman–Crippen LogP) is 3.48. The number of ether oxygens (including phenoxy) is 1. The van der Waals surface area contributed by atoms with Crippen LogP contribution < -0.4 is 4.74 Å². The first-order chi connectivity index (χ1) is 10.7. The quantitative estimate of drug-likeness (QED) is 0.865. The van der Waals surface area contributed by atoms with Crippen molar-refractivity contribution in [1.82, 2.24) is 14.9 Å². The third-order valence-electron chi connectivity index (χ3n) is 3.92. The highest BCUT2D eigenvalue weighted by atomic mass is 35.5. The molecular weight excluding hydrogens is 298 g/mol. The molecule has 1 aliphatic heterocycles. The van der Waals surface area contributed by atoms with Crippen LogP contribution in [0.4, 0.5) is 0 Å². The molecule has 0 bridgehead atoms. The SMILES string of the molecule is Cc1cnc(OC2CCN(Cc3ccccc3Cl)CC2)nc1. The van der Waals surface area contributed by atoms with E-state index >= 15 is 0 Å². The summed E-state index contributed by atoms with van der Waals surface area (Å²) in [5, 5.41) is 0.842. The molecule has 0 unspecified atom stereocenters. The van der Waals surface area contributed by atoms with Crippen LogP contribution in [0.1, 0.15) is 24.0 Å². The second-order valence-corrected chi connectivity index (χ2v) is 6.13. The summed E-state index contributed by atoms with van der Waals surface area (Å²) in [5.74, 6) is 0. The van der Waals surface area contributed by atoms with Crippen molar-refractivity contribution in [3.63, 3.8) is 0 Å². The lowest BCUT2D eigenvalue weighted by molar-refractivity contribution is 0.0892. The van der Waals surface area contributed by atoms with Gasteiger partial charge in [0.2, 0.25) is 0 Å². The monoisotopic (exact) mass is 317 g/mol. The van der Waals surface area contributed by atoms with Gasteiger partial charge in [0.1, 0.15) is 6.10 Å². The van der Waals surface area contributed by atoms with E-state index in [1.54, 1.807) is 12.4 Å². The predicted molar refractivity (Wildman–Crippen MR) is 87.1 cm³/mol. The van der Waals surface area contributed by atoms with E-state index in [2.05, 4.69) is 20.9 Å². The minimum absolute atomic E-state index is 0.199. The van der Waals surface area contributed by atoms with E-state index in [9.17, 15) is 0 Å². The molecule has 0 atom stereocenters. The van der Waals surface area contributed by atoms with E-state index < -0.39 is 0 Å². The van der Waals surface area contributed by atoms with Gasteiger partial charge in [-0.15, -0.1) is 0 Å². The first kappa shape index (κ1) is 15.3. The van der Waals surface area contributed by atoms with Gasteiger partial charge in [0, 0.05) is 37.1 Å². The molecular formula is C17H20ClN3O. The minimum Gasteiger partial charge on any atom is -0.460 e. The number of aromatic nitrogens is 2. The molecule has 3 rings (SSSR count). The van der Waals surface area contributed by atoms with Crippen molar-refractivity contribution in [2.24, 2.45) is 0 Å². The molecule has 2 aromatic rings. The van der Waals surface area contributed by atoms with Crippen LogP contribution in [0.25, 0.3) is 0 Å². The first-order valence-electron chi connectivity index (χ1n) is 7.62. The molecule has 1 aromatic heterocycles. The summed E-state index contributed by atoms with van der Waals surface area (Å²) in [7, 11) is 0. The van der Waals surface area contributed by atoms with Gasteiger partial charge < -0.3 is 4.74 Å². The van der Waals surface area contributed by atoms with Gasteiger partial charge in [-0.05, 0) is 37.0 Å². The van der Waals surface area contributed by atoms with Crippen LogP contribution in [0.5, 0.6) is 6.01 Å². The average Bonchev–Trinajstić information content (AvgIpc) is 2.54. The molecule has 2 heterocycles. The zero-order valence-electron chi connectivity index (χ0n) is 12.7. The van der Waals surface area contributed by atoms with Crippen LogP contribution in [0.3, 0.4) is 0 Å². The van der Waals surface area contributed by atoms with Gasteiger partial charge in [-0.25, -0.2) is 9.97 Å². The van der Waals surface area contributed by atoms with Gasteiger partial charge in [0.25, 0.3) is 0 Å². The zero-order chi connectivity index (χ0) is 15.4. The van der Waals surface area contributed by atoms with Gasteiger partial charge in [0.05, 0.1) is 0 Å². The largest absolute Gasteiger partial charge is 0.460 e. The van der Waals surface area contributed by atoms with Crippen LogP contribution >= 0.6 is 11.6 Å². The van der Waals surface area contributed by atoms with Crippen LogP contribution in [0.15, 0.2) is 36.7 Å². The Morgan fingerprint density at radius 2 is 1.86 bits per heavy atom. The lowest BCUT2D eigenvalue weighted by atomic mass is 10.1. The van der Waals surface area contributed by atoms with Crippen molar-refractivity contribution in [3.8, 4) is 6.01 Å². The Balaban J connectivity index is 1.50. The highest BCUT2D eigenvalue weighted by molar-refractivity contribution is 6.31. The van der Waals surface area contributed by atoms with Crippen molar-refractivity contribution in [3.05, 3.63) is 52.8 Å². The number of hydrogen-bond acceptors (Lipinski definition) is 4. The van der Waals surface area contributed by atoms with E-state index in [0.29, 0.717) is 6.01 Å². The molecule has 0 spiro atoms. The Kier molecular flexibility index (Phi) is 4.90. The number of rotatable bonds is 4. The summed E-state index contributed by atoms with van der Waals surface area (Å²) in [6.45, 7) is 4.87. The molecule has 0 aliphatic carbocycles. The van der Waals surface area contributed by atoms with Gasteiger partial charge in [-0.3, -0.25) is 4.90 Å². The molecule has 0 N–H and O–H groups in total. The zero-order valence-corrected chi connectivity index (χ0v) is 13.5. The molecule has 116 valence electrons. The molecule has 4 nitrogen and oxygen atoms in total. The summed E-state index contributed by atoms with van der Waals surface area (Å²) in [6, 6.07) is 8.52. The van der Waals surface area contributed by atoms with E-state index in [1.807, 2.05) is 25.1 Å². The maximum absolute atomic E-state index is 6.22. The Morgan fingerprint density at radius 3 is 2.55 bits per heavy atom. The topological polar surface area (TPSA) is 38.2 Å². The first-order valence-corrected chi connectivity index (χ1v) is 7.99. The van der Waals surface area contributed by atoms with Crippen molar-refractivity contribution >= 4 is 11.6 Å². The molecule has 0 saturated carbocycles. The van der Waals surface area contributed by atoms with Crippen LogP contribution in [0.2, 0.25) is 5.02 Å². The Bertz CT molecular complexity index is 610. The van der Waals surface area contributed by atoms with Gasteiger partial charge in [-0.2, -0.15) is 0 Å². The maximum Gasteiger partial charge on any atom is 0.316 e. The number of piperidine rings is 1. The van der Waals surface area contributed by atoms with E-state index in [-0.39, 0.29) is 6.10 Å². The maximum atomic E-state index is 6.22. The van der Waals surface area contributed by atoms with Gasteiger partial charge in [0.15, 0.2) is 0 Å². The molecule has 0 amide bonds. The summed E-state index contributed by atoms with van der Waals surface area (Å²) < 4.78 is 5.86. The molecule has 1 saturated heterocycles. The van der Waals surface area contributed by atoms with E-state index in [4.69, 9.17) is 16.3 Å². The van der Waals surface area contributed by atoms with E-state index in [1.165, 1.54) is 5.56 Å². The number of benzene rings is 1. The fourth-order valence-corrected chi connectivity index (χ4v) is 2.84. The Morgan fingerprint density at radius 1 is 1.18 bits per heavy atom. The lowest BCUT2D eigenvalue weighted by Gasteiger charge is -2.31. The lowest BCUT2D eigenvalue weighted by Crippen LogP contribution is -2.38. The number of likely N-dealkylation sites (tertiary alicyclic amines) is 1. The van der Waals surface area contributed by atoms with Crippen LogP contribution in [-0.4, -0.2) is 34.1 Å². The highest BCUT2D eigenvalue weighted by Crippen LogP contribution is 2.21. The summed E-state index contributed by atoms with van der Waals surface area (Å²) in [6.07, 6.45) is 5.75. The standard InChI is InChI=1S/C17H20ClN3O/c1-13-10-19-17(20-11-13)22-15-6-8-21(9-7-15)12-14-4-2-3-5-16(14)18/h2-5,10-11,15H,6-9,12H2,1H3. The fourth-order valence-electron chi connectivity index (χ4n) is 2.64. The van der Waals surface area contributed by atoms with Crippen molar-refractivity contribution in [1.29, 1.82) is 0 Å². The third-order valence-corrected chi connectivity index (χ3v) is 4.28. The second kappa shape index (κ2) is 7.07.